The van der Waals surface area contributed by atoms with Gasteiger partial charge in [-0.1, -0.05) is 216 Å². The minimum atomic E-state index is -0.168. The SMILES string of the molecule is CC1(C)c2ccccc2N(c2ccc3c(-c4cccc5ccccc45)c4cc(N5c6ccccc6C(C)(C)c6ccccc65)ccc4c(-c4ccc(-c5ccc6ccccc6c5)cc4)c3c2)c2ccccc21. The van der Waals surface area contributed by atoms with Crippen LogP contribution in [0.15, 0.2) is 243 Å². The van der Waals surface area contributed by atoms with E-state index in [0.717, 1.165) is 11.4 Å². The second kappa shape index (κ2) is 15.9. The number of nitrogens with zero attached hydrogens (tertiary/aromatic N) is 2. The van der Waals surface area contributed by atoms with Crippen molar-refractivity contribution in [3.63, 3.8) is 0 Å². The molecule has 2 heteroatoms. The standard InChI is InChI=1S/C70H52N2/c1-69(2)59-24-9-13-28-63(59)71(64-29-14-10-25-60(64)69)51-39-41-56-57(43-51)67(48-35-32-46(33-36-48)50-37-34-45-18-5-6-20-49(45)42-50)55-40-38-52(44-58(55)68(56)54-23-17-21-47-19-7-8-22-53(47)54)72-65-30-15-11-26-61(65)70(3,4)62-27-12-16-31-66(62)72/h5-44H,1-4H3. The van der Waals surface area contributed by atoms with Gasteiger partial charge in [-0.05, 0) is 153 Å². The first-order valence-electron chi connectivity index (χ1n) is 25.3. The normalized spacial score (nSPS) is 14.3. The Balaban J connectivity index is 1.08. The Morgan fingerprint density at radius 3 is 1.24 bits per heavy atom. The summed E-state index contributed by atoms with van der Waals surface area (Å²) in [6.45, 7) is 9.45. The number of hydrogen-bond acceptors (Lipinski definition) is 2. The third kappa shape index (κ3) is 6.28. The van der Waals surface area contributed by atoms with Crippen LogP contribution in [0.5, 0.6) is 0 Å². The molecule has 0 amide bonds. The van der Waals surface area contributed by atoms with Crippen molar-refractivity contribution in [1.29, 1.82) is 0 Å². The molecule has 0 bridgehead atoms. The summed E-state index contributed by atoms with van der Waals surface area (Å²) in [7, 11) is 0. The fourth-order valence-electron chi connectivity index (χ4n) is 12.6. The van der Waals surface area contributed by atoms with Crippen molar-refractivity contribution in [3.8, 4) is 33.4 Å². The van der Waals surface area contributed by atoms with E-state index < -0.39 is 0 Å². The van der Waals surface area contributed by atoms with Gasteiger partial charge in [0.25, 0.3) is 0 Å². The minimum absolute atomic E-state index is 0.167. The summed E-state index contributed by atoms with van der Waals surface area (Å²) >= 11 is 0. The molecule has 2 heterocycles. The average molecular weight is 921 g/mol. The molecule has 2 aliphatic rings. The van der Waals surface area contributed by atoms with Crippen molar-refractivity contribution in [2.45, 2.75) is 38.5 Å². The third-order valence-corrected chi connectivity index (χ3v) is 16.2. The molecule has 0 N–H and O–H groups in total. The van der Waals surface area contributed by atoms with Gasteiger partial charge in [0.05, 0.1) is 22.7 Å². The highest BCUT2D eigenvalue weighted by molar-refractivity contribution is 6.25. The maximum Gasteiger partial charge on any atom is 0.0502 e. The molecule has 0 spiro atoms. The van der Waals surface area contributed by atoms with E-state index in [9.17, 15) is 0 Å². The molecule has 0 saturated carbocycles. The summed E-state index contributed by atoms with van der Waals surface area (Å²) in [5, 5.41) is 9.81. The van der Waals surface area contributed by atoms with Crippen LogP contribution in [0.25, 0.3) is 76.5 Å². The lowest BCUT2D eigenvalue weighted by Gasteiger charge is -2.42. The summed E-state index contributed by atoms with van der Waals surface area (Å²) in [4.78, 5) is 5.00. The van der Waals surface area contributed by atoms with E-state index in [1.807, 2.05) is 0 Å². The van der Waals surface area contributed by atoms with E-state index >= 15 is 0 Å². The first-order chi connectivity index (χ1) is 35.2. The third-order valence-electron chi connectivity index (χ3n) is 16.2. The monoisotopic (exact) mass is 920 g/mol. The van der Waals surface area contributed by atoms with Crippen LogP contribution in [0.1, 0.15) is 49.9 Å². The van der Waals surface area contributed by atoms with E-state index in [1.54, 1.807) is 0 Å². The van der Waals surface area contributed by atoms with Crippen LogP contribution in [-0.2, 0) is 10.8 Å². The van der Waals surface area contributed by atoms with Gasteiger partial charge in [0.2, 0.25) is 0 Å². The second-order valence-electron chi connectivity index (χ2n) is 20.9. The topological polar surface area (TPSA) is 6.48 Å². The lowest BCUT2D eigenvalue weighted by molar-refractivity contribution is 0.632. The fraction of sp³-hybridized carbons (Fsp3) is 0.0857. The van der Waals surface area contributed by atoms with Crippen molar-refractivity contribution in [1.82, 2.24) is 0 Å². The first kappa shape index (κ1) is 42.2. The molecule has 0 aromatic heterocycles. The van der Waals surface area contributed by atoms with Gasteiger partial charge < -0.3 is 9.80 Å². The van der Waals surface area contributed by atoms with E-state index in [1.165, 1.54) is 121 Å². The van der Waals surface area contributed by atoms with Crippen molar-refractivity contribution >= 4 is 77.2 Å². The first-order valence-corrected chi connectivity index (χ1v) is 25.3. The van der Waals surface area contributed by atoms with E-state index in [0.29, 0.717) is 0 Å². The molecule has 0 aliphatic carbocycles. The summed E-state index contributed by atoms with van der Waals surface area (Å²) in [6.07, 6.45) is 0. The van der Waals surface area contributed by atoms with Crippen LogP contribution in [0.4, 0.5) is 34.1 Å². The molecule has 2 aliphatic heterocycles. The Hall–Kier alpha value is -8.72. The average Bonchev–Trinajstić information content (AvgIpc) is 3.43. The van der Waals surface area contributed by atoms with Gasteiger partial charge in [-0.25, -0.2) is 0 Å². The number of rotatable bonds is 5. The van der Waals surface area contributed by atoms with Crippen LogP contribution in [-0.4, -0.2) is 0 Å². The van der Waals surface area contributed by atoms with Gasteiger partial charge in [0.15, 0.2) is 0 Å². The number of hydrogen-bond donors (Lipinski definition) is 0. The molecule has 72 heavy (non-hydrogen) atoms. The minimum Gasteiger partial charge on any atom is -0.310 e. The zero-order chi connectivity index (χ0) is 48.3. The predicted molar refractivity (Wildman–Crippen MR) is 306 cm³/mol. The molecule has 0 unspecified atom stereocenters. The van der Waals surface area contributed by atoms with Crippen molar-refractivity contribution in [2.24, 2.45) is 0 Å². The fourth-order valence-corrected chi connectivity index (χ4v) is 12.6. The summed E-state index contributed by atoms with van der Waals surface area (Å²) in [6, 6.07) is 90.9. The van der Waals surface area contributed by atoms with Gasteiger partial charge in [-0.2, -0.15) is 0 Å². The van der Waals surface area contributed by atoms with Gasteiger partial charge in [-0.15, -0.1) is 0 Å². The highest BCUT2D eigenvalue weighted by atomic mass is 15.2. The van der Waals surface area contributed by atoms with Crippen molar-refractivity contribution in [2.75, 3.05) is 9.80 Å². The summed E-state index contributed by atoms with van der Waals surface area (Å²) in [5.41, 5.74) is 19.4. The highest BCUT2D eigenvalue weighted by Crippen LogP contribution is 2.56. The van der Waals surface area contributed by atoms with Gasteiger partial charge >= 0.3 is 0 Å². The van der Waals surface area contributed by atoms with Crippen LogP contribution >= 0.6 is 0 Å². The molecule has 342 valence electrons. The van der Waals surface area contributed by atoms with Gasteiger partial charge in [-0.3, -0.25) is 0 Å². The molecule has 2 nitrogen and oxygen atoms in total. The maximum atomic E-state index is 2.50. The molecule has 14 rings (SSSR count). The van der Waals surface area contributed by atoms with Gasteiger partial charge in [0.1, 0.15) is 0 Å². The lowest BCUT2D eigenvalue weighted by Crippen LogP contribution is -2.30. The number of anilines is 6. The van der Waals surface area contributed by atoms with E-state index in [2.05, 4.69) is 280 Å². The number of fused-ring (bicyclic) bond motifs is 8. The Morgan fingerprint density at radius 1 is 0.264 bits per heavy atom. The van der Waals surface area contributed by atoms with Crippen LogP contribution in [0.2, 0.25) is 0 Å². The summed E-state index contributed by atoms with van der Waals surface area (Å²) < 4.78 is 0. The maximum absolute atomic E-state index is 2.50. The quantitative estimate of drug-likeness (QED) is 0.159. The predicted octanol–water partition coefficient (Wildman–Crippen LogP) is 19.5. The molecule has 0 radical (unpaired) electrons. The van der Waals surface area contributed by atoms with Crippen LogP contribution in [0.3, 0.4) is 0 Å². The second-order valence-corrected chi connectivity index (χ2v) is 20.9. The Morgan fingerprint density at radius 2 is 0.681 bits per heavy atom. The Labute approximate surface area is 421 Å². The molecular formula is C70H52N2. The Bertz CT molecular complexity index is 4070. The van der Waals surface area contributed by atoms with Crippen LogP contribution < -0.4 is 9.80 Å². The van der Waals surface area contributed by atoms with Gasteiger partial charge in [0, 0.05) is 22.2 Å². The van der Waals surface area contributed by atoms with Crippen molar-refractivity contribution in [3.05, 3.63) is 265 Å². The van der Waals surface area contributed by atoms with E-state index in [-0.39, 0.29) is 10.8 Å². The Kier molecular flexibility index (Phi) is 9.32. The number of benzene rings is 12. The zero-order valence-electron chi connectivity index (χ0n) is 41.0. The molecular weight excluding hydrogens is 869 g/mol. The molecule has 12 aromatic carbocycles. The zero-order valence-corrected chi connectivity index (χ0v) is 41.0. The van der Waals surface area contributed by atoms with Crippen LogP contribution in [0, 0.1) is 0 Å². The molecule has 12 aromatic rings. The largest absolute Gasteiger partial charge is 0.310 e. The van der Waals surface area contributed by atoms with E-state index in [4.69, 9.17) is 0 Å². The summed E-state index contributed by atoms with van der Waals surface area (Å²) in [5.74, 6) is 0. The van der Waals surface area contributed by atoms with Crippen molar-refractivity contribution < 1.29 is 0 Å². The lowest BCUT2D eigenvalue weighted by atomic mass is 9.73. The smallest absolute Gasteiger partial charge is 0.0502 e. The number of para-hydroxylation sites is 4. The molecule has 0 saturated heterocycles. The molecule has 0 atom stereocenters. The highest BCUT2D eigenvalue weighted by Gasteiger charge is 2.38. The molecule has 0 fully saturated rings.